The van der Waals surface area contributed by atoms with Crippen molar-refractivity contribution in [3.63, 3.8) is 0 Å². The first-order chi connectivity index (χ1) is 12.4. The van der Waals surface area contributed by atoms with Crippen molar-refractivity contribution in [2.24, 2.45) is 7.05 Å². The van der Waals surface area contributed by atoms with Crippen LogP contribution in [0.4, 0.5) is 0 Å². The summed E-state index contributed by atoms with van der Waals surface area (Å²) in [6.45, 7) is 2.65. The number of piperidine rings is 1. The van der Waals surface area contributed by atoms with Gasteiger partial charge in [0.1, 0.15) is 0 Å². The second-order valence-electron chi connectivity index (χ2n) is 7.97. The molecule has 6 heteroatoms. The van der Waals surface area contributed by atoms with Crippen LogP contribution in [0.3, 0.4) is 0 Å². The zero-order valence-corrected chi connectivity index (χ0v) is 16.4. The van der Waals surface area contributed by atoms with Crippen LogP contribution in [0.1, 0.15) is 35.7 Å². The summed E-state index contributed by atoms with van der Waals surface area (Å²) < 4.78 is 1.77. The van der Waals surface area contributed by atoms with Crippen LogP contribution in [-0.4, -0.2) is 58.0 Å². The summed E-state index contributed by atoms with van der Waals surface area (Å²) in [7, 11) is 6.01. The fraction of sp³-hybridized carbons (Fsp3) is 0.550. The quantitative estimate of drug-likeness (QED) is 0.896. The van der Waals surface area contributed by atoms with Crippen LogP contribution in [0.15, 0.2) is 30.5 Å². The molecule has 1 spiro atoms. The van der Waals surface area contributed by atoms with E-state index in [2.05, 4.69) is 53.3 Å². The van der Waals surface area contributed by atoms with Gasteiger partial charge in [-0.3, -0.25) is 9.58 Å². The monoisotopic (exact) mass is 374 g/mol. The molecule has 0 amide bonds. The van der Waals surface area contributed by atoms with Gasteiger partial charge in [0.2, 0.25) is 0 Å². The number of aryl methyl sites for hydroxylation is 1. The zero-order valence-electron chi connectivity index (χ0n) is 15.7. The van der Waals surface area contributed by atoms with Crippen molar-refractivity contribution < 1.29 is 5.11 Å². The molecule has 2 aliphatic rings. The van der Waals surface area contributed by atoms with Crippen molar-refractivity contribution in [1.82, 2.24) is 19.6 Å². The highest BCUT2D eigenvalue weighted by molar-refractivity contribution is 6.31. The number of nitrogens with zero attached hydrogens (tertiary/aromatic N) is 4. The predicted molar refractivity (Wildman–Crippen MR) is 103 cm³/mol. The van der Waals surface area contributed by atoms with Gasteiger partial charge >= 0.3 is 0 Å². The Morgan fingerprint density at radius 3 is 2.58 bits per heavy atom. The minimum atomic E-state index is -0.365. The molecular weight excluding hydrogens is 348 g/mol. The van der Waals surface area contributed by atoms with Crippen LogP contribution < -0.4 is 0 Å². The molecule has 1 N–H and O–H groups in total. The molecule has 1 aromatic carbocycles. The lowest BCUT2D eigenvalue weighted by atomic mass is 9.72. The van der Waals surface area contributed by atoms with Crippen LogP contribution in [0.25, 0.3) is 0 Å². The van der Waals surface area contributed by atoms with Crippen LogP contribution in [-0.2, 0) is 19.0 Å². The summed E-state index contributed by atoms with van der Waals surface area (Å²) in [5, 5.41) is 16.5. The van der Waals surface area contributed by atoms with E-state index in [1.54, 1.807) is 4.68 Å². The number of rotatable bonds is 3. The highest BCUT2D eigenvalue weighted by Crippen LogP contribution is 2.52. The topological polar surface area (TPSA) is 44.5 Å². The second kappa shape index (κ2) is 6.64. The molecule has 1 fully saturated rings. The molecule has 2 atom stereocenters. The zero-order chi connectivity index (χ0) is 18.5. The van der Waals surface area contributed by atoms with E-state index < -0.39 is 0 Å². The third kappa shape index (κ3) is 2.78. The summed E-state index contributed by atoms with van der Waals surface area (Å²) in [5.74, 6) is 0. The van der Waals surface area contributed by atoms with Crippen molar-refractivity contribution in [2.75, 3.05) is 27.2 Å². The molecule has 4 rings (SSSR count). The minimum Gasteiger partial charge on any atom is -0.390 e. The van der Waals surface area contributed by atoms with Crippen molar-refractivity contribution >= 4 is 11.6 Å². The van der Waals surface area contributed by atoms with Gasteiger partial charge in [-0.25, -0.2) is 0 Å². The molecule has 1 aromatic heterocycles. The van der Waals surface area contributed by atoms with E-state index in [1.807, 2.05) is 13.2 Å². The lowest BCUT2D eigenvalue weighted by Crippen LogP contribution is -2.49. The Labute approximate surface area is 160 Å². The summed E-state index contributed by atoms with van der Waals surface area (Å²) in [6.07, 6.45) is 3.40. The molecule has 0 saturated carbocycles. The summed E-state index contributed by atoms with van der Waals surface area (Å²) >= 11 is 6.27. The number of hydrogen-bond donors (Lipinski definition) is 1. The van der Waals surface area contributed by atoms with Gasteiger partial charge in [0, 0.05) is 25.2 Å². The van der Waals surface area contributed by atoms with Crippen LogP contribution in [0.5, 0.6) is 0 Å². The summed E-state index contributed by atoms with van der Waals surface area (Å²) in [5.41, 5.74) is 3.41. The van der Waals surface area contributed by atoms with Crippen LogP contribution in [0.2, 0.25) is 5.02 Å². The molecule has 5 nitrogen and oxygen atoms in total. The van der Waals surface area contributed by atoms with E-state index in [4.69, 9.17) is 11.6 Å². The van der Waals surface area contributed by atoms with Gasteiger partial charge in [-0.1, -0.05) is 35.9 Å². The van der Waals surface area contributed by atoms with E-state index in [9.17, 15) is 5.11 Å². The van der Waals surface area contributed by atoms with E-state index >= 15 is 0 Å². The Balaban J connectivity index is 1.55. The highest BCUT2D eigenvalue weighted by atomic mass is 35.5. The Kier molecular flexibility index (Phi) is 4.59. The van der Waals surface area contributed by atoms with Gasteiger partial charge in [-0.05, 0) is 51.2 Å². The maximum Gasteiger partial charge on any atom is 0.0950 e. The number of halogens is 1. The lowest BCUT2D eigenvalue weighted by molar-refractivity contribution is -0.00409. The minimum absolute atomic E-state index is 0.0722. The number of hydrogen-bond acceptors (Lipinski definition) is 4. The molecule has 1 aliphatic heterocycles. The molecule has 1 saturated heterocycles. The molecular formula is C20H27ClN4O. The first-order valence-corrected chi connectivity index (χ1v) is 9.64. The Bertz CT molecular complexity index is 795. The Morgan fingerprint density at radius 1 is 1.27 bits per heavy atom. The fourth-order valence-electron chi connectivity index (χ4n) is 4.90. The first-order valence-electron chi connectivity index (χ1n) is 9.26. The number of aliphatic hydroxyl groups is 1. The van der Waals surface area contributed by atoms with Gasteiger partial charge in [-0.15, -0.1) is 0 Å². The summed E-state index contributed by atoms with van der Waals surface area (Å²) in [4.78, 5) is 4.55. The Morgan fingerprint density at radius 2 is 1.96 bits per heavy atom. The number of benzene rings is 1. The van der Waals surface area contributed by atoms with Gasteiger partial charge in [-0.2, -0.15) is 5.10 Å². The van der Waals surface area contributed by atoms with Crippen molar-refractivity contribution in [1.29, 1.82) is 0 Å². The maximum absolute atomic E-state index is 11.3. The highest BCUT2D eigenvalue weighted by Gasteiger charge is 2.53. The van der Waals surface area contributed by atoms with Crippen LogP contribution in [0, 0.1) is 0 Å². The fourth-order valence-corrected chi connectivity index (χ4v) is 5.14. The third-order valence-corrected chi connectivity index (χ3v) is 6.53. The average Bonchev–Trinajstić information content (AvgIpc) is 3.05. The third-order valence-electron chi connectivity index (χ3n) is 6.21. The van der Waals surface area contributed by atoms with Gasteiger partial charge < -0.3 is 10.0 Å². The molecule has 0 unspecified atom stereocenters. The number of aliphatic hydroxyl groups excluding tert-OH is 1. The molecule has 2 heterocycles. The normalized spacial score (nSPS) is 25.2. The van der Waals surface area contributed by atoms with Crippen LogP contribution >= 0.6 is 11.6 Å². The molecule has 26 heavy (non-hydrogen) atoms. The molecule has 2 aromatic rings. The number of aromatic nitrogens is 2. The van der Waals surface area contributed by atoms with Gasteiger partial charge in [0.25, 0.3) is 0 Å². The number of fused-ring (bicyclic) bond motifs is 2. The smallest absolute Gasteiger partial charge is 0.0950 e. The molecule has 1 aliphatic carbocycles. The SMILES string of the molecule is CN(C)[C@H]1c2ccccc2C2(CCN(Cc3nn(C)cc3Cl)CC2)[C@@H]1O. The van der Waals surface area contributed by atoms with E-state index in [-0.39, 0.29) is 17.6 Å². The number of likely N-dealkylation sites (N-methyl/N-ethyl adjacent to an activating group) is 1. The standard InChI is InChI=1S/C20H27ClN4O/c1-23(2)18-14-6-4-5-7-15(14)20(19(18)26)8-10-25(11-9-20)13-17-16(21)12-24(3)22-17/h4-7,12,18-19,26H,8-11,13H2,1-3H3/t18-,19+/m0/s1. The largest absolute Gasteiger partial charge is 0.390 e. The second-order valence-corrected chi connectivity index (χ2v) is 8.38. The van der Waals surface area contributed by atoms with Crippen molar-refractivity contribution in [3.8, 4) is 0 Å². The molecule has 0 radical (unpaired) electrons. The predicted octanol–water partition coefficient (Wildman–Crippen LogP) is 2.58. The Hall–Kier alpha value is -1.40. The van der Waals surface area contributed by atoms with Gasteiger partial charge in [0.15, 0.2) is 0 Å². The van der Waals surface area contributed by atoms with Crippen molar-refractivity contribution in [3.05, 3.63) is 52.3 Å². The average molecular weight is 375 g/mol. The van der Waals surface area contributed by atoms with Crippen molar-refractivity contribution in [2.45, 2.75) is 36.9 Å². The lowest BCUT2D eigenvalue weighted by Gasteiger charge is -2.43. The maximum atomic E-state index is 11.3. The first kappa shape index (κ1) is 18.0. The van der Waals surface area contributed by atoms with Gasteiger partial charge in [0.05, 0.1) is 22.9 Å². The molecule has 140 valence electrons. The van der Waals surface area contributed by atoms with E-state index in [0.717, 1.165) is 43.2 Å². The van der Waals surface area contributed by atoms with E-state index in [1.165, 1.54) is 11.1 Å². The number of likely N-dealkylation sites (tertiary alicyclic amines) is 1. The van der Waals surface area contributed by atoms with E-state index in [0.29, 0.717) is 0 Å². The summed E-state index contributed by atoms with van der Waals surface area (Å²) in [6, 6.07) is 8.65. The molecule has 0 bridgehead atoms.